The van der Waals surface area contributed by atoms with Gasteiger partial charge in [0.05, 0.1) is 11.5 Å². The van der Waals surface area contributed by atoms with Gasteiger partial charge in [-0.1, -0.05) is 29.8 Å². The van der Waals surface area contributed by atoms with Gasteiger partial charge in [-0.25, -0.2) is 18.1 Å². The standard InChI is InChI=1S/C23H26ClN3O4S/c1-2-31-23(28)8-3-17-13-18(15-19(14-17)16-22-25-11-12-26-22)9-10-27-32(29,30)21-6-4-20(24)5-7-21/h4-7,11-15,27H,2-3,8-10,16H2,1H3,(H,25,26). The van der Waals surface area contributed by atoms with E-state index in [9.17, 15) is 13.2 Å². The van der Waals surface area contributed by atoms with Gasteiger partial charge in [0, 0.05) is 36.8 Å². The van der Waals surface area contributed by atoms with Crippen LogP contribution in [-0.4, -0.2) is 37.5 Å². The molecule has 7 nitrogen and oxygen atoms in total. The molecule has 32 heavy (non-hydrogen) atoms. The minimum Gasteiger partial charge on any atom is -0.466 e. The lowest BCUT2D eigenvalue weighted by molar-refractivity contribution is -0.143. The Hall–Kier alpha value is -2.68. The molecule has 170 valence electrons. The molecule has 0 atom stereocenters. The third-order valence-corrected chi connectivity index (χ3v) is 6.52. The Morgan fingerprint density at radius 1 is 1.09 bits per heavy atom. The predicted octanol–water partition coefficient (Wildman–Crippen LogP) is 3.67. The van der Waals surface area contributed by atoms with Crippen molar-refractivity contribution in [2.45, 2.75) is 37.5 Å². The fourth-order valence-electron chi connectivity index (χ4n) is 3.32. The number of sulfonamides is 1. The van der Waals surface area contributed by atoms with E-state index in [2.05, 4.69) is 14.7 Å². The number of benzene rings is 2. The molecule has 0 unspecified atom stereocenters. The van der Waals surface area contributed by atoms with Crippen LogP contribution in [0.15, 0.2) is 59.8 Å². The maximum Gasteiger partial charge on any atom is 0.306 e. The predicted molar refractivity (Wildman–Crippen MR) is 123 cm³/mol. The molecular weight excluding hydrogens is 450 g/mol. The van der Waals surface area contributed by atoms with E-state index in [-0.39, 0.29) is 17.4 Å². The van der Waals surface area contributed by atoms with Crippen molar-refractivity contribution in [2.75, 3.05) is 13.2 Å². The molecule has 3 aromatic rings. The van der Waals surface area contributed by atoms with E-state index in [4.69, 9.17) is 16.3 Å². The van der Waals surface area contributed by atoms with Gasteiger partial charge in [-0.05, 0) is 60.7 Å². The van der Waals surface area contributed by atoms with E-state index in [1.807, 2.05) is 18.2 Å². The average Bonchev–Trinajstić information content (AvgIpc) is 3.26. The number of aromatic nitrogens is 2. The number of H-pyrrole nitrogens is 1. The first-order valence-corrected chi connectivity index (χ1v) is 12.2. The normalized spacial score (nSPS) is 11.4. The second-order valence-electron chi connectivity index (χ2n) is 7.28. The molecule has 9 heteroatoms. The molecule has 1 heterocycles. The monoisotopic (exact) mass is 475 g/mol. The van der Waals surface area contributed by atoms with Crippen LogP contribution in [0.4, 0.5) is 0 Å². The first-order chi connectivity index (χ1) is 15.4. The summed E-state index contributed by atoms with van der Waals surface area (Å²) in [6, 6.07) is 12.1. The Kier molecular flexibility index (Phi) is 8.44. The van der Waals surface area contributed by atoms with E-state index in [1.54, 1.807) is 31.5 Å². The fraction of sp³-hybridized carbons (Fsp3) is 0.304. The maximum absolute atomic E-state index is 12.5. The van der Waals surface area contributed by atoms with Gasteiger partial charge in [-0.3, -0.25) is 4.79 Å². The molecule has 0 amide bonds. The molecule has 1 aromatic heterocycles. The van der Waals surface area contributed by atoms with Gasteiger partial charge < -0.3 is 9.72 Å². The van der Waals surface area contributed by atoms with Gasteiger partial charge in [0.2, 0.25) is 10.0 Å². The molecule has 0 aliphatic heterocycles. The van der Waals surface area contributed by atoms with Gasteiger partial charge in [0.1, 0.15) is 5.82 Å². The van der Waals surface area contributed by atoms with Crippen LogP contribution in [0.2, 0.25) is 5.02 Å². The van der Waals surface area contributed by atoms with Crippen molar-refractivity contribution in [3.8, 4) is 0 Å². The molecule has 0 saturated carbocycles. The summed E-state index contributed by atoms with van der Waals surface area (Å²) in [6.45, 7) is 2.38. The lowest BCUT2D eigenvalue weighted by Crippen LogP contribution is -2.26. The number of carbonyl (C=O) groups excluding carboxylic acids is 1. The molecule has 0 aliphatic rings. The quantitative estimate of drug-likeness (QED) is 0.412. The van der Waals surface area contributed by atoms with Crippen molar-refractivity contribution in [3.63, 3.8) is 0 Å². The molecule has 0 spiro atoms. The summed E-state index contributed by atoms with van der Waals surface area (Å²) >= 11 is 5.84. The SMILES string of the molecule is CCOC(=O)CCc1cc(CCNS(=O)(=O)c2ccc(Cl)cc2)cc(Cc2ncc[nH]2)c1. The highest BCUT2D eigenvalue weighted by molar-refractivity contribution is 7.89. The lowest BCUT2D eigenvalue weighted by Gasteiger charge is -2.11. The van der Waals surface area contributed by atoms with E-state index in [0.717, 1.165) is 22.5 Å². The summed E-state index contributed by atoms with van der Waals surface area (Å²) in [4.78, 5) is 19.3. The number of nitrogens with one attached hydrogen (secondary N) is 2. The topological polar surface area (TPSA) is 101 Å². The highest BCUT2D eigenvalue weighted by atomic mass is 35.5. The van der Waals surface area contributed by atoms with Crippen molar-refractivity contribution >= 4 is 27.6 Å². The minimum absolute atomic E-state index is 0.170. The van der Waals surface area contributed by atoms with Crippen LogP contribution in [0.1, 0.15) is 35.9 Å². The number of carbonyl (C=O) groups is 1. The average molecular weight is 476 g/mol. The molecule has 0 bridgehead atoms. The van der Waals surface area contributed by atoms with Crippen LogP contribution >= 0.6 is 11.6 Å². The third kappa shape index (κ3) is 7.19. The summed E-state index contributed by atoms with van der Waals surface area (Å²) in [7, 11) is -3.62. The number of hydrogen-bond acceptors (Lipinski definition) is 5. The van der Waals surface area contributed by atoms with Gasteiger partial charge in [0.25, 0.3) is 0 Å². The summed E-state index contributed by atoms with van der Waals surface area (Å²) in [5.74, 6) is 0.600. The summed E-state index contributed by atoms with van der Waals surface area (Å²) in [5, 5.41) is 0.479. The number of esters is 1. The van der Waals surface area contributed by atoms with E-state index >= 15 is 0 Å². The molecule has 0 fully saturated rings. The fourth-order valence-corrected chi connectivity index (χ4v) is 4.48. The Balaban J connectivity index is 1.69. The van der Waals surface area contributed by atoms with Crippen molar-refractivity contribution in [1.82, 2.24) is 14.7 Å². The maximum atomic E-state index is 12.5. The number of rotatable bonds is 11. The molecule has 0 radical (unpaired) electrons. The number of imidazole rings is 1. The Labute approximate surface area is 193 Å². The summed E-state index contributed by atoms with van der Waals surface area (Å²) in [6.07, 6.45) is 5.43. The second kappa shape index (κ2) is 11.3. The van der Waals surface area contributed by atoms with Crippen LogP contribution < -0.4 is 4.72 Å². The smallest absolute Gasteiger partial charge is 0.306 e. The highest BCUT2D eigenvalue weighted by Gasteiger charge is 2.13. The Bertz CT molecular complexity index is 1130. The number of nitrogens with zero attached hydrogens (tertiary/aromatic N) is 1. The van der Waals surface area contributed by atoms with Crippen molar-refractivity contribution in [3.05, 3.63) is 82.4 Å². The molecule has 0 saturated heterocycles. The zero-order valence-corrected chi connectivity index (χ0v) is 19.4. The molecule has 2 N–H and O–H groups in total. The minimum atomic E-state index is -3.62. The molecular formula is C23H26ClN3O4S. The van der Waals surface area contributed by atoms with Crippen molar-refractivity contribution < 1.29 is 17.9 Å². The Morgan fingerprint density at radius 3 is 2.44 bits per heavy atom. The van der Waals surface area contributed by atoms with E-state index in [1.165, 1.54) is 12.1 Å². The van der Waals surface area contributed by atoms with Crippen molar-refractivity contribution in [1.29, 1.82) is 0 Å². The van der Waals surface area contributed by atoms with Crippen LogP contribution in [-0.2, 0) is 38.8 Å². The summed E-state index contributed by atoms with van der Waals surface area (Å²) in [5.41, 5.74) is 3.02. The number of aromatic amines is 1. The van der Waals surface area contributed by atoms with Crippen LogP contribution in [0.5, 0.6) is 0 Å². The zero-order chi connectivity index (χ0) is 23.0. The number of aryl methyl sites for hydroxylation is 1. The number of hydrogen-bond donors (Lipinski definition) is 2. The highest BCUT2D eigenvalue weighted by Crippen LogP contribution is 2.17. The molecule has 0 aliphatic carbocycles. The second-order valence-corrected chi connectivity index (χ2v) is 9.48. The van der Waals surface area contributed by atoms with Crippen LogP contribution in [0.25, 0.3) is 0 Å². The first kappa shape index (κ1) is 24.0. The summed E-state index contributed by atoms with van der Waals surface area (Å²) < 4.78 is 32.7. The molecule has 2 aromatic carbocycles. The largest absolute Gasteiger partial charge is 0.466 e. The van der Waals surface area contributed by atoms with E-state index < -0.39 is 10.0 Å². The van der Waals surface area contributed by atoms with Gasteiger partial charge in [-0.15, -0.1) is 0 Å². The van der Waals surface area contributed by atoms with Gasteiger partial charge in [0.15, 0.2) is 0 Å². The van der Waals surface area contributed by atoms with E-state index in [0.29, 0.717) is 37.3 Å². The Morgan fingerprint density at radius 2 is 1.78 bits per heavy atom. The number of halogens is 1. The van der Waals surface area contributed by atoms with Crippen molar-refractivity contribution in [2.24, 2.45) is 0 Å². The molecule has 3 rings (SSSR count). The first-order valence-electron chi connectivity index (χ1n) is 10.4. The number of ether oxygens (including phenoxy) is 1. The zero-order valence-electron chi connectivity index (χ0n) is 17.8. The third-order valence-electron chi connectivity index (χ3n) is 4.79. The van der Waals surface area contributed by atoms with Gasteiger partial charge in [-0.2, -0.15) is 0 Å². The van der Waals surface area contributed by atoms with Crippen LogP contribution in [0, 0.1) is 0 Å². The van der Waals surface area contributed by atoms with Crippen LogP contribution in [0.3, 0.4) is 0 Å². The van der Waals surface area contributed by atoms with Gasteiger partial charge >= 0.3 is 5.97 Å². The lowest BCUT2D eigenvalue weighted by atomic mass is 9.99.